The SMILES string of the molecule is C[C@H]1CCc2sc3ncn4nc(-c5ccccc5C(=O)O)nc4c3c2C1. The van der Waals surface area contributed by atoms with Gasteiger partial charge in [0.1, 0.15) is 11.2 Å². The van der Waals surface area contributed by atoms with Crippen molar-refractivity contribution in [3.63, 3.8) is 0 Å². The fourth-order valence-corrected chi connectivity index (χ4v) is 4.90. The molecule has 0 aliphatic heterocycles. The van der Waals surface area contributed by atoms with Gasteiger partial charge in [0.15, 0.2) is 11.5 Å². The summed E-state index contributed by atoms with van der Waals surface area (Å²) in [5.41, 5.74) is 2.83. The Labute approximate surface area is 153 Å². The lowest BCUT2D eigenvalue weighted by Crippen LogP contribution is -2.09. The molecule has 0 unspecified atom stereocenters. The monoisotopic (exact) mass is 364 g/mol. The molecule has 3 aromatic heterocycles. The second-order valence-electron chi connectivity index (χ2n) is 6.83. The normalized spacial score (nSPS) is 16.9. The number of hydrogen-bond acceptors (Lipinski definition) is 5. The van der Waals surface area contributed by atoms with Crippen molar-refractivity contribution in [1.82, 2.24) is 19.6 Å². The van der Waals surface area contributed by atoms with E-state index in [0.29, 0.717) is 17.3 Å². The van der Waals surface area contributed by atoms with Gasteiger partial charge in [0.2, 0.25) is 0 Å². The molecule has 1 atom stereocenters. The molecule has 1 aliphatic carbocycles. The molecular formula is C19H16N4O2S. The summed E-state index contributed by atoms with van der Waals surface area (Å²) in [5, 5.41) is 15.0. The summed E-state index contributed by atoms with van der Waals surface area (Å²) in [6.45, 7) is 2.28. The van der Waals surface area contributed by atoms with Crippen molar-refractivity contribution in [3.05, 3.63) is 46.6 Å². The van der Waals surface area contributed by atoms with Crippen LogP contribution < -0.4 is 0 Å². The summed E-state index contributed by atoms with van der Waals surface area (Å²) in [6, 6.07) is 6.83. The van der Waals surface area contributed by atoms with Gasteiger partial charge in [-0.1, -0.05) is 25.1 Å². The zero-order chi connectivity index (χ0) is 17.8. The van der Waals surface area contributed by atoms with Crippen LogP contribution in [-0.2, 0) is 12.8 Å². The Balaban J connectivity index is 1.77. The third-order valence-electron chi connectivity index (χ3n) is 5.03. The van der Waals surface area contributed by atoms with Gasteiger partial charge in [0.25, 0.3) is 0 Å². The lowest BCUT2D eigenvalue weighted by Gasteiger charge is -2.17. The van der Waals surface area contributed by atoms with Gasteiger partial charge in [-0.15, -0.1) is 16.4 Å². The molecule has 7 heteroatoms. The van der Waals surface area contributed by atoms with Gasteiger partial charge >= 0.3 is 5.97 Å². The Hall–Kier alpha value is -2.80. The number of aromatic nitrogens is 4. The summed E-state index contributed by atoms with van der Waals surface area (Å²) >= 11 is 1.74. The first-order valence-electron chi connectivity index (χ1n) is 8.60. The van der Waals surface area contributed by atoms with Gasteiger partial charge in [0, 0.05) is 10.4 Å². The van der Waals surface area contributed by atoms with Crippen LogP contribution in [0.3, 0.4) is 0 Å². The van der Waals surface area contributed by atoms with Crippen LogP contribution in [0.4, 0.5) is 0 Å². The Morgan fingerprint density at radius 3 is 3.04 bits per heavy atom. The molecule has 26 heavy (non-hydrogen) atoms. The number of thiophene rings is 1. The molecule has 0 bridgehead atoms. The predicted octanol–water partition coefficient (Wildman–Crippen LogP) is 3.83. The van der Waals surface area contributed by atoms with Gasteiger partial charge < -0.3 is 5.11 Å². The average Bonchev–Trinajstić information content (AvgIpc) is 3.22. The van der Waals surface area contributed by atoms with E-state index in [4.69, 9.17) is 4.98 Å². The number of aryl methyl sites for hydroxylation is 1. The molecule has 130 valence electrons. The first-order chi connectivity index (χ1) is 12.6. The first kappa shape index (κ1) is 15.5. The summed E-state index contributed by atoms with van der Waals surface area (Å²) in [6.07, 6.45) is 5.00. The molecule has 0 amide bonds. The lowest BCUT2D eigenvalue weighted by molar-refractivity contribution is 0.0697. The van der Waals surface area contributed by atoms with Crippen LogP contribution in [0.1, 0.15) is 34.1 Å². The van der Waals surface area contributed by atoms with Crippen LogP contribution in [0, 0.1) is 5.92 Å². The van der Waals surface area contributed by atoms with Crippen LogP contribution in [0.25, 0.3) is 27.3 Å². The van der Waals surface area contributed by atoms with Crippen molar-refractivity contribution in [2.24, 2.45) is 5.92 Å². The van der Waals surface area contributed by atoms with E-state index >= 15 is 0 Å². The Bertz CT molecular complexity index is 1180. The molecule has 1 aromatic carbocycles. The van der Waals surface area contributed by atoms with Crippen LogP contribution in [0.15, 0.2) is 30.6 Å². The van der Waals surface area contributed by atoms with Crippen molar-refractivity contribution >= 4 is 33.2 Å². The third kappa shape index (κ3) is 2.24. The van der Waals surface area contributed by atoms with Gasteiger partial charge in [-0.05, 0) is 36.8 Å². The fourth-order valence-electron chi connectivity index (χ4n) is 3.73. The number of hydrogen-bond donors (Lipinski definition) is 1. The maximum atomic E-state index is 11.5. The second-order valence-corrected chi connectivity index (χ2v) is 7.91. The molecule has 3 heterocycles. The number of nitrogens with zero attached hydrogens (tertiary/aromatic N) is 4. The molecule has 0 saturated heterocycles. The molecule has 0 saturated carbocycles. The quantitative estimate of drug-likeness (QED) is 0.585. The topological polar surface area (TPSA) is 80.4 Å². The molecule has 5 rings (SSSR count). The molecule has 6 nitrogen and oxygen atoms in total. The molecule has 0 fully saturated rings. The van der Waals surface area contributed by atoms with Crippen LogP contribution in [0.5, 0.6) is 0 Å². The van der Waals surface area contributed by atoms with E-state index in [2.05, 4.69) is 17.0 Å². The van der Waals surface area contributed by atoms with Gasteiger partial charge in [0.05, 0.1) is 10.9 Å². The molecule has 4 aromatic rings. The van der Waals surface area contributed by atoms with Crippen LogP contribution in [-0.4, -0.2) is 30.7 Å². The van der Waals surface area contributed by atoms with Gasteiger partial charge in [-0.3, -0.25) is 0 Å². The molecule has 0 spiro atoms. The molecule has 1 aliphatic rings. The highest BCUT2D eigenvalue weighted by atomic mass is 32.1. The Kier molecular flexibility index (Phi) is 3.33. The highest BCUT2D eigenvalue weighted by Crippen LogP contribution is 2.39. The zero-order valence-corrected chi connectivity index (χ0v) is 15.0. The highest BCUT2D eigenvalue weighted by Gasteiger charge is 2.24. The average molecular weight is 364 g/mol. The minimum absolute atomic E-state index is 0.202. The van der Waals surface area contributed by atoms with Gasteiger partial charge in [-0.25, -0.2) is 19.3 Å². The van der Waals surface area contributed by atoms with E-state index in [1.165, 1.54) is 16.9 Å². The van der Waals surface area contributed by atoms with E-state index in [1.807, 2.05) is 0 Å². The number of aromatic carboxylic acids is 1. The second kappa shape index (κ2) is 5.60. The van der Waals surface area contributed by atoms with Crippen molar-refractivity contribution < 1.29 is 9.90 Å². The number of benzene rings is 1. The first-order valence-corrected chi connectivity index (χ1v) is 9.42. The standard InChI is InChI=1S/C19H16N4O2S/c1-10-6-7-14-13(8-10)15-17-21-16(22-23(17)9-20-18(15)26-14)11-4-2-3-5-12(11)19(24)25/h2-5,9-10H,6-8H2,1H3,(H,24,25)/t10-/m0/s1. The lowest BCUT2D eigenvalue weighted by atomic mass is 9.89. The van der Waals surface area contributed by atoms with E-state index in [1.54, 1.807) is 46.4 Å². The third-order valence-corrected chi connectivity index (χ3v) is 6.23. The molecular weight excluding hydrogens is 348 g/mol. The number of carboxylic acids is 1. The van der Waals surface area contributed by atoms with Crippen molar-refractivity contribution in [2.75, 3.05) is 0 Å². The number of fused-ring (bicyclic) bond motifs is 5. The van der Waals surface area contributed by atoms with Crippen LogP contribution >= 0.6 is 11.3 Å². The maximum absolute atomic E-state index is 11.5. The van der Waals surface area contributed by atoms with Crippen molar-refractivity contribution in [3.8, 4) is 11.4 Å². The van der Waals surface area contributed by atoms with Crippen LogP contribution in [0.2, 0.25) is 0 Å². The van der Waals surface area contributed by atoms with E-state index in [9.17, 15) is 9.90 Å². The summed E-state index contributed by atoms with van der Waals surface area (Å²) in [4.78, 5) is 23.2. The smallest absolute Gasteiger partial charge is 0.336 e. The minimum atomic E-state index is -0.982. The highest BCUT2D eigenvalue weighted by molar-refractivity contribution is 7.19. The zero-order valence-electron chi connectivity index (χ0n) is 14.1. The predicted molar refractivity (Wildman–Crippen MR) is 99.7 cm³/mol. The number of rotatable bonds is 2. The summed E-state index contributed by atoms with van der Waals surface area (Å²) in [5.74, 6) is 0.0845. The number of carbonyl (C=O) groups is 1. The Morgan fingerprint density at radius 2 is 2.19 bits per heavy atom. The number of carboxylic acid groups (broad SMARTS) is 1. The molecule has 0 radical (unpaired) electrons. The fraction of sp³-hybridized carbons (Fsp3) is 0.263. The summed E-state index contributed by atoms with van der Waals surface area (Å²) in [7, 11) is 0. The Morgan fingerprint density at radius 1 is 1.35 bits per heavy atom. The van der Waals surface area contributed by atoms with E-state index in [0.717, 1.165) is 28.7 Å². The van der Waals surface area contributed by atoms with E-state index < -0.39 is 5.97 Å². The van der Waals surface area contributed by atoms with E-state index in [-0.39, 0.29) is 5.56 Å². The largest absolute Gasteiger partial charge is 0.478 e. The molecule has 1 N–H and O–H groups in total. The maximum Gasteiger partial charge on any atom is 0.336 e. The summed E-state index contributed by atoms with van der Waals surface area (Å²) < 4.78 is 1.67. The van der Waals surface area contributed by atoms with Crippen molar-refractivity contribution in [1.29, 1.82) is 0 Å². The van der Waals surface area contributed by atoms with Gasteiger partial charge in [-0.2, -0.15) is 0 Å². The van der Waals surface area contributed by atoms with Crippen molar-refractivity contribution in [2.45, 2.75) is 26.2 Å². The minimum Gasteiger partial charge on any atom is -0.478 e.